The van der Waals surface area contributed by atoms with E-state index in [1.807, 2.05) is 31.2 Å². The van der Waals surface area contributed by atoms with E-state index in [0.717, 1.165) is 11.1 Å². The van der Waals surface area contributed by atoms with Crippen LogP contribution in [0.1, 0.15) is 17.2 Å². The number of aryl methyl sites for hydroxylation is 1. The van der Waals surface area contributed by atoms with Gasteiger partial charge in [-0.25, -0.2) is 0 Å². The van der Waals surface area contributed by atoms with Crippen molar-refractivity contribution in [2.24, 2.45) is 5.73 Å². The third kappa shape index (κ3) is 2.29. The zero-order valence-electron chi connectivity index (χ0n) is 7.87. The van der Waals surface area contributed by atoms with Crippen molar-refractivity contribution in [1.82, 2.24) is 5.32 Å². The summed E-state index contributed by atoms with van der Waals surface area (Å²) in [5.74, 6) is -0.354. The summed E-state index contributed by atoms with van der Waals surface area (Å²) in [4.78, 5) is 11.0. The van der Waals surface area contributed by atoms with E-state index in [0.29, 0.717) is 0 Å². The molecular weight excluding hydrogens is 164 g/mol. The van der Waals surface area contributed by atoms with Crippen LogP contribution in [0.5, 0.6) is 0 Å². The molecule has 0 radical (unpaired) electrons. The lowest BCUT2D eigenvalue weighted by Gasteiger charge is -2.12. The third-order valence-corrected chi connectivity index (χ3v) is 1.95. The van der Waals surface area contributed by atoms with E-state index in [1.54, 1.807) is 7.05 Å². The summed E-state index contributed by atoms with van der Waals surface area (Å²) in [7, 11) is 1.72. The smallest absolute Gasteiger partial charge is 0.239 e. The molecule has 3 nitrogen and oxygen atoms in total. The maximum absolute atomic E-state index is 11.0. The van der Waals surface area contributed by atoms with E-state index in [1.165, 1.54) is 0 Å². The SMILES string of the molecule is CN[C@H](C(N)=O)c1cccc(C)c1. The van der Waals surface area contributed by atoms with Gasteiger partial charge in [-0.1, -0.05) is 29.8 Å². The van der Waals surface area contributed by atoms with Gasteiger partial charge in [0, 0.05) is 0 Å². The van der Waals surface area contributed by atoms with E-state index >= 15 is 0 Å². The molecule has 0 unspecified atom stereocenters. The van der Waals surface area contributed by atoms with Crippen molar-refractivity contribution >= 4 is 5.91 Å². The summed E-state index contributed by atoms with van der Waals surface area (Å²) >= 11 is 0. The third-order valence-electron chi connectivity index (χ3n) is 1.95. The Balaban J connectivity index is 2.98. The number of rotatable bonds is 3. The van der Waals surface area contributed by atoms with Crippen LogP contribution in [0.2, 0.25) is 0 Å². The monoisotopic (exact) mass is 178 g/mol. The summed E-state index contributed by atoms with van der Waals surface area (Å²) in [6.07, 6.45) is 0. The van der Waals surface area contributed by atoms with Gasteiger partial charge in [-0.3, -0.25) is 4.79 Å². The molecule has 0 heterocycles. The Kier molecular flexibility index (Phi) is 3.03. The second-order valence-electron chi connectivity index (χ2n) is 3.04. The molecule has 0 aromatic heterocycles. The normalized spacial score (nSPS) is 12.5. The molecule has 0 saturated carbocycles. The molecule has 0 aliphatic rings. The van der Waals surface area contributed by atoms with Gasteiger partial charge in [-0.05, 0) is 19.5 Å². The Labute approximate surface area is 77.9 Å². The molecule has 0 fully saturated rings. The molecule has 1 amide bonds. The van der Waals surface area contributed by atoms with Crippen LogP contribution in [-0.2, 0) is 4.79 Å². The number of benzene rings is 1. The average Bonchev–Trinajstić information content (AvgIpc) is 2.04. The summed E-state index contributed by atoms with van der Waals surface area (Å²) in [6.45, 7) is 1.98. The van der Waals surface area contributed by atoms with Gasteiger partial charge in [-0.2, -0.15) is 0 Å². The van der Waals surface area contributed by atoms with Crippen LogP contribution in [-0.4, -0.2) is 13.0 Å². The first kappa shape index (κ1) is 9.74. The maximum atomic E-state index is 11.0. The number of amides is 1. The van der Waals surface area contributed by atoms with Crippen LogP contribution in [0.15, 0.2) is 24.3 Å². The average molecular weight is 178 g/mol. The number of primary amides is 1. The van der Waals surface area contributed by atoms with Crippen molar-refractivity contribution in [3.05, 3.63) is 35.4 Å². The minimum atomic E-state index is -0.389. The van der Waals surface area contributed by atoms with Gasteiger partial charge in [-0.15, -0.1) is 0 Å². The lowest BCUT2D eigenvalue weighted by Crippen LogP contribution is -2.31. The predicted octanol–water partition coefficient (Wildman–Crippen LogP) is 0.741. The molecule has 0 aliphatic heterocycles. The number of carbonyl (C=O) groups is 1. The minimum Gasteiger partial charge on any atom is -0.368 e. The molecule has 0 saturated heterocycles. The van der Waals surface area contributed by atoms with Gasteiger partial charge in [0.05, 0.1) is 0 Å². The van der Waals surface area contributed by atoms with Crippen LogP contribution in [0.25, 0.3) is 0 Å². The number of hydrogen-bond acceptors (Lipinski definition) is 2. The fourth-order valence-electron chi connectivity index (χ4n) is 1.32. The van der Waals surface area contributed by atoms with E-state index in [9.17, 15) is 4.79 Å². The van der Waals surface area contributed by atoms with E-state index < -0.39 is 0 Å². The van der Waals surface area contributed by atoms with Crippen molar-refractivity contribution in [3.63, 3.8) is 0 Å². The van der Waals surface area contributed by atoms with Crippen molar-refractivity contribution in [1.29, 1.82) is 0 Å². The van der Waals surface area contributed by atoms with Crippen molar-refractivity contribution in [2.45, 2.75) is 13.0 Å². The van der Waals surface area contributed by atoms with Crippen molar-refractivity contribution in [2.75, 3.05) is 7.05 Å². The Morgan fingerprint density at radius 3 is 2.69 bits per heavy atom. The lowest BCUT2D eigenvalue weighted by molar-refractivity contribution is -0.120. The Bertz CT molecular complexity index is 310. The van der Waals surface area contributed by atoms with Crippen LogP contribution in [0.3, 0.4) is 0 Å². The van der Waals surface area contributed by atoms with E-state index in [2.05, 4.69) is 5.32 Å². The number of nitrogens with two attached hydrogens (primary N) is 1. The van der Waals surface area contributed by atoms with Crippen LogP contribution >= 0.6 is 0 Å². The van der Waals surface area contributed by atoms with E-state index in [-0.39, 0.29) is 11.9 Å². The summed E-state index contributed by atoms with van der Waals surface area (Å²) in [5.41, 5.74) is 7.26. The number of nitrogens with one attached hydrogen (secondary N) is 1. The van der Waals surface area contributed by atoms with Crippen LogP contribution < -0.4 is 11.1 Å². The number of carbonyl (C=O) groups excluding carboxylic acids is 1. The summed E-state index contributed by atoms with van der Waals surface area (Å²) in [5, 5.41) is 2.87. The van der Waals surface area contributed by atoms with Gasteiger partial charge in [0.25, 0.3) is 0 Å². The van der Waals surface area contributed by atoms with Crippen LogP contribution in [0.4, 0.5) is 0 Å². The highest BCUT2D eigenvalue weighted by Crippen LogP contribution is 2.13. The molecule has 1 aromatic carbocycles. The second-order valence-corrected chi connectivity index (χ2v) is 3.04. The zero-order valence-corrected chi connectivity index (χ0v) is 7.87. The molecule has 1 atom stereocenters. The van der Waals surface area contributed by atoms with Gasteiger partial charge in [0.1, 0.15) is 6.04 Å². The van der Waals surface area contributed by atoms with E-state index in [4.69, 9.17) is 5.73 Å². The highest BCUT2D eigenvalue weighted by molar-refractivity contribution is 5.81. The Morgan fingerprint density at radius 2 is 2.23 bits per heavy atom. The van der Waals surface area contributed by atoms with Gasteiger partial charge in [0.2, 0.25) is 5.91 Å². The molecule has 3 N–H and O–H groups in total. The molecule has 0 spiro atoms. The summed E-state index contributed by atoms with van der Waals surface area (Å²) < 4.78 is 0. The fraction of sp³-hybridized carbons (Fsp3) is 0.300. The highest BCUT2D eigenvalue weighted by Gasteiger charge is 2.14. The first-order valence-electron chi connectivity index (χ1n) is 4.18. The zero-order chi connectivity index (χ0) is 9.84. The first-order chi connectivity index (χ1) is 6.15. The van der Waals surface area contributed by atoms with Gasteiger partial charge < -0.3 is 11.1 Å². The molecule has 1 rings (SSSR count). The minimum absolute atomic E-state index is 0.354. The van der Waals surface area contributed by atoms with Crippen LogP contribution in [0, 0.1) is 6.92 Å². The first-order valence-corrected chi connectivity index (χ1v) is 4.18. The maximum Gasteiger partial charge on any atom is 0.239 e. The second kappa shape index (κ2) is 4.05. The quantitative estimate of drug-likeness (QED) is 0.717. The topological polar surface area (TPSA) is 55.1 Å². The predicted molar refractivity (Wildman–Crippen MR) is 52.2 cm³/mol. The molecule has 0 bridgehead atoms. The number of likely N-dealkylation sites (N-methyl/N-ethyl adjacent to an activating group) is 1. The number of hydrogen-bond donors (Lipinski definition) is 2. The molecule has 13 heavy (non-hydrogen) atoms. The summed E-state index contributed by atoms with van der Waals surface area (Å²) in [6, 6.07) is 7.35. The van der Waals surface area contributed by atoms with Gasteiger partial charge >= 0.3 is 0 Å². The lowest BCUT2D eigenvalue weighted by atomic mass is 10.0. The van der Waals surface area contributed by atoms with Crippen molar-refractivity contribution in [3.8, 4) is 0 Å². The molecule has 1 aromatic rings. The molecule has 3 heteroatoms. The molecule has 70 valence electrons. The van der Waals surface area contributed by atoms with Gasteiger partial charge in [0.15, 0.2) is 0 Å². The standard InChI is InChI=1S/C10H14N2O/c1-7-4-3-5-8(6-7)9(12-2)10(11)13/h3-6,9,12H,1-2H3,(H2,11,13)/t9-/m0/s1. The highest BCUT2D eigenvalue weighted by atomic mass is 16.1. The van der Waals surface area contributed by atoms with Crippen molar-refractivity contribution < 1.29 is 4.79 Å². The Morgan fingerprint density at radius 1 is 1.54 bits per heavy atom. The largest absolute Gasteiger partial charge is 0.368 e. The fourth-order valence-corrected chi connectivity index (χ4v) is 1.32. The Hall–Kier alpha value is -1.35. The molecule has 0 aliphatic carbocycles. The molecular formula is C10H14N2O.